The van der Waals surface area contributed by atoms with Crippen LogP contribution in [-0.4, -0.2) is 78.4 Å². The van der Waals surface area contributed by atoms with Gasteiger partial charge in [-0.1, -0.05) is 0 Å². The van der Waals surface area contributed by atoms with Crippen LogP contribution in [0.2, 0.25) is 0 Å². The summed E-state index contributed by atoms with van der Waals surface area (Å²) in [6.07, 6.45) is -6.63. The lowest BCUT2D eigenvalue weighted by molar-refractivity contribution is -0.278. The normalized spacial score (nSPS) is 30.4. The van der Waals surface area contributed by atoms with Crippen LogP contribution < -0.4 is 5.73 Å². The molecule has 16 heteroatoms. The van der Waals surface area contributed by atoms with Gasteiger partial charge in [-0.25, -0.2) is 32.0 Å². The number of hydrogen-bond donors (Lipinski definition) is 2. The number of hydrogen-bond acceptors (Lipinski definition) is 7. The van der Waals surface area contributed by atoms with Gasteiger partial charge in [-0.2, -0.15) is 18.3 Å². The predicted molar refractivity (Wildman–Crippen MR) is 123 cm³/mol. The number of alkyl halides is 7. The van der Waals surface area contributed by atoms with E-state index in [-0.39, 0.29) is 49.5 Å². The molecule has 4 atom stereocenters. The summed E-state index contributed by atoms with van der Waals surface area (Å²) in [5, 5.41) is 14.6. The lowest BCUT2D eigenvalue weighted by Crippen LogP contribution is -2.57. The number of nitrogens with two attached hydrogens (primary N) is 1. The Hall–Kier alpha value is -2.59. The Morgan fingerprint density at radius 3 is 2.38 bits per heavy atom. The average molecular weight is 583 g/mol. The van der Waals surface area contributed by atoms with Crippen molar-refractivity contribution in [1.82, 2.24) is 24.5 Å². The van der Waals surface area contributed by atoms with Crippen LogP contribution in [0.25, 0.3) is 5.78 Å². The van der Waals surface area contributed by atoms with Crippen molar-refractivity contribution in [2.24, 2.45) is 11.7 Å². The maximum atomic E-state index is 13.8. The summed E-state index contributed by atoms with van der Waals surface area (Å²) in [7, 11) is 0. The Labute approximate surface area is 223 Å². The van der Waals surface area contributed by atoms with E-state index in [1.165, 1.54) is 10.7 Å². The molecule has 2 saturated heterocycles. The minimum absolute atomic E-state index is 0.0498. The molecule has 222 valence electrons. The molecule has 4 heterocycles. The minimum atomic E-state index is -5.01. The number of aliphatic hydroxyl groups is 1. The summed E-state index contributed by atoms with van der Waals surface area (Å²) in [4.78, 5) is 22.9. The summed E-state index contributed by atoms with van der Waals surface area (Å²) in [6.45, 7) is -1.52. The first-order valence-electron chi connectivity index (χ1n) is 13.0. The number of piperidine rings is 1. The van der Waals surface area contributed by atoms with Gasteiger partial charge in [0, 0.05) is 38.6 Å². The fourth-order valence-electron chi connectivity index (χ4n) is 5.67. The molecule has 5 rings (SSSR count). The molecule has 2 unspecified atom stereocenters. The standard InChI is InChI=1S/C24H29F7N6O3/c25-22(26)4-1-13(2-5-22)18(32)15-11-37-20(35-15)34-14(10-33-37)16-9-21(39,24(29,30)31)7-8-36(16)19(38)17-3-6-23(27,28)12-40-17/h10-11,13,16-18,39H,1-9,12,32H2/t16?,17-,18-,21?/m0/s1. The van der Waals surface area contributed by atoms with Crippen molar-refractivity contribution < 1.29 is 45.4 Å². The molecule has 1 aliphatic carbocycles. The monoisotopic (exact) mass is 582 g/mol. The molecule has 3 N–H and O–H groups in total. The van der Waals surface area contributed by atoms with E-state index in [2.05, 4.69) is 15.1 Å². The summed E-state index contributed by atoms with van der Waals surface area (Å²) in [5.74, 6) is -6.95. The van der Waals surface area contributed by atoms with E-state index in [0.29, 0.717) is 5.69 Å². The van der Waals surface area contributed by atoms with Crippen LogP contribution in [0.15, 0.2) is 12.4 Å². The number of ether oxygens (including phenoxy) is 1. The number of carbonyl (C=O) groups is 1. The Kier molecular flexibility index (Phi) is 7.26. The van der Waals surface area contributed by atoms with Crippen molar-refractivity contribution in [2.45, 2.75) is 93.2 Å². The number of fused-ring (bicyclic) bond motifs is 1. The van der Waals surface area contributed by atoms with Gasteiger partial charge >= 0.3 is 6.18 Å². The van der Waals surface area contributed by atoms with Crippen LogP contribution >= 0.6 is 0 Å². The molecule has 40 heavy (non-hydrogen) atoms. The Morgan fingerprint density at radius 1 is 1.07 bits per heavy atom. The lowest BCUT2D eigenvalue weighted by Gasteiger charge is -2.45. The van der Waals surface area contributed by atoms with Crippen LogP contribution in [0.4, 0.5) is 30.7 Å². The van der Waals surface area contributed by atoms with Gasteiger partial charge in [0.1, 0.15) is 12.7 Å². The van der Waals surface area contributed by atoms with E-state index in [9.17, 15) is 40.6 Å². The second-order valence-corrected chi connectivity index (χ2v) is 11.0. The van der Waals surface area contributed by atoms with Crippen LogP contribution in [0.5, 0.6) is 0 Å². The molecule has 1 saturated carbocycles. The summed E-state index contributed by atoms with van der Waals surface area (Å²) >= 11 is 0. The van der Waals surface area contributed by atoms with E-state index in [0.717, 1.165) is 11.1 Å². The Bertz CT molecular complexity index is 1240. The van der Waals surface area contributed by atoms with Gasteiger partial charge in [-0.05, 0) is 25.2 Å². The van der Waals surface area contributed by atoms with Crippen LogP contribution in [-0.2, 0) is 9.53 Å². The first-order valence-corrected chi connectivity index (χ1v) is 13.0. The molecule has 0 radical (unpaired) electrons. The molecule has 3 fully saturated rings. The molecule has 0 spiro atoms. The molecule has 1 amide bonds. The average Bonchev–Trinajstić information content (AvgIpc) is 3.31. The topological polar surface area (TPSA) is 119 Å². The third-order valence-electron chi connectivity index (χ3n) is 8.21. The number of likely N-dealkylation sites (tertiary alicyclic amines) is 1. The highest BCUT2D eigenvalue weighted by atomic mass is 19.4. The molecule has 2 aromatic rings. The van der Waals surface area contributed by atoms with Gasteiger partial charge in [0.05, 0.1) is 35.9 Å². The third-order valence-corrected chi connectivity index (χ3v) is 8.21. The van der Waals surface area contributed by atoms with E-state index in [4.69, 9.17) is 10.5 Å². The quantitative estimate of drug-likeness (QED) is 0.528. The fourth-order valence-corrected chi connectivity index (χ4v) is 5.67. The Balaban J connectivity index is 1.42. The maximum Gasteiger partial charge on any atom is 0.417 e. The first kappa shape index (κ1) is 28.9. The summed E-state index contributed by atoms with van der Waals surface area (Å²) in [5.41, 5.74) is 3.37. The van der Waals surface area contributed by atoms with E-state index in [1.54, 1.807) is 0 Å². The zero-order valence-corrected chi connectivity index (χ0v) is 21.3. The number of imidazole rings is 1. The van der Waals surface area contributed by atoms with Crippen molar-refractivity contribution >= 4 is 11.7 Å². The van der Waals surface area contributed by atoms with Gasteiger partial charge in [-0.15, -0.1) is 0 Å². The lowest BCUT2D eigenvalue weighted by atomic mass is 9.81. The molecule has 3 aliphatic rings. The number of rotatable bonds is 4. The van der Waals surface area contributed by atoms with E-state index >= 15 is 0 Å². The Morgan fingerprint density at radius 2 is 1.75 bits per heavy atom. The highest BCUT2D eigenvalue weighted by Gasteiger charge is 2.58. The number of carbonyl (C=O) groups excluding carboxylic acids is 1. The number of amides is 1. The highest BCUT2D eigenvalue weighted by molar-refractivity contribution is 5.81. The van der Waals surface area contributed by atoms with Gasteiger partial charge in [0.25, 0.3) is 17.6 Å². The SMILES string of the molecule is N[C@H](c1cn2ncc(C3CC(O)(C(F)(F)F)CCN3C(=O)[C@@H]3CCC(F)(F)CO3)nc2n1)C1CCC(F)(F)CC1. The zero-order valence-electron chi connectivity index (χ0n) is 21.3. The van der Waals surface area contributed by atoms with Crippen molar-refractivity contribution in [3.05, 3.63) is 23.8 Å². The second-order valence-electron chi connectivity index (χ2n) is 11.0. The molecular weight excluding hydrogens is 553 g/mol. The first-order chi connectivity index (χ1) is 18.6. The van der Waals surface area contributed by atoms with Gasteiger partial charge in [0.2, 0.25) is 5.92 Å². The van der Waals surface area contributed by atoms with Crippen molar-refractivity contribution in [3.63, 3.8) is 0 Å². The number of nitrogens with zero attached hydrogens (tertiary/aromatic N) is 5. The van der Waals surface area contributed by atoms with Gasteiger partial charge in [-0.3, -0.25) is 4.79 Å². The molecule has 9 nitrogen and oxygen atoms in total. The molecule has 2 aromatic heterocycles. The molecule has 0 aromatic carbocycles. The minimum Gasteiger partial charge on any atom is -0.380 e. The molecule has 0 bridgehead atoms. The largest absolute Gasteiger partial charge is 0.417 e. The molecular formula is C24H29F7N6O3. The maximum absolute atomic E-state index is 13.8. The molecule has 2 aliphatic heterocycles. The van der Waals surface area contributed by atoms with Gasteiger partial charge in [0.15, 0.2) is 5.60 Å². The number of halogens is 7. The van der Waals surface area contributed by atoms with Crippen molar-refractivity contribution in [2.75, 3.05) is 13.2 Å². The van der Waals surface area contributed by atoms with Crippen molar-refractivity contribution in [1.29, 1.82) is 0 Å². The van der Waals surface area contributed by atoms with Crippen LogP contribution in [0, 0.1) is 5.92 Å². The third kappa shape index (κ3) is 5.62. The fraction of sp³-hybridized carbons (Fsp3) is 0.750. The van der Waals surface area contributed by atoms with Gasteiger partial charge < -0.3 is 20.5 Å². The van der Waals surface area contributed by atoms with E-state index < -0.39 is 80.1 Å². The summed E-state index contributed by atoms with van der Waals surface area (Å²) < 4.78 is 102. The summed E-state index contributed by atoms with van der Waals surface area (Å²) in [6, 6.07) is -2.11. The number of aromatic nitrogens is 4. The van der Waals surface area contributed by atoms with Crippen molar-refractivity contribution in [3.8, 4) is 0 Å². The second kappa shape index (κ2) is 10.0. The highest BCUT2D eigenvalue weighted by Crippen LogP contribution is 2.46. The van der Waals surface area contributed by atoms with E-state index in [1.807, 2.05) is 0 Å². The van der Waals surface area contributed by atoms with Crippen LogP contribution in [0.3, 0.4) is 0 Å². The zero-order chi connectivity index (χ0) is 29.1. The van der Waals surface area contributed by atoms with Crippen LogP contribution in [0.1, 0.15) is 74.8 Å². The smallest absolute Gasteiger partial charge is 0.380 e. The predicted octanol–water partition coefficient (Wildman–Crippen LogP) is 3.72.